The van der Waals surface area contributed by atoms with Crippen LogP contribution in [0, 0.1) is 6.92 Å². The molecule has 1 aliphatic heterocycles. The molecule has 2 heterocycles. The van der Waals surface area contributed by atoms with Crippen molar-refractivity contribution in [2.45, 2.75) is 26.4 Å². The lowest BCUT2D eigenvalue weighted by molar-refractivity contribution is 0.145. The highest BCUT2D eigenvalue weighted by molar-refractivity contribution is 14.0. The summed E-state index contributed by atoms with van der Waals surface area (Å²) < 4.78 is 11.0. The van der Waals surface area contributed by atoms with Crippen LogP contribution in [0.5, 0.6) is 5.75 Å². The number of rotatable bonds is 9. The Bertz CT molecular complexity index is 812. The van der Waals surface area contributed by atoms with Crippen LogP contribution in [0.4, 0.5) is 0 Å². The van der Waals surface area contributed by atoms with Crippen molar-refractivity contribution >= 4 is 41.3 Å². The Hall–Kier alpha value is -1.36. The van der Waals surface area contributed by atoms with Crippen LogP contribution in [0.2, 0.25) is 0 Å². The van der Waals surface area contributed by atoms with Gasteiger partial charge in [-0.2, -0.15) is 0 Å². The summed E-state index contributed by atoms with van der Waals surface area (Å²) >= 11 is 1.88. The first-order valence-electron chi connectivity index (χ1n) is 10.1. The molecule has 2 N–H and O–H groups in total. The van der Waals surface area contributed by atoms with Crippen LogP contribution in [0.25, 0.3) is 0 Å². The molecule has 2 aromatic rings. The van der Waals surface area contributed by atoms with Crippen molar-refractivity contribution in [3.63, 3.8) is 0 Å². The van der Waals surface area contributed by atoms with Gasteiger partial charge in [-0.05, 0) is 42.0 Å². The summed E-state index contributed by atoms with van der Waals surface area (Å²) in [5, 5.41) is 9.03. The van der Waals surface area contributed by atoms with Gasteiger partial charge in [0.1, 0.15) is 12.4 Å². The van der Waals surface area contributed by atoms with Gasteiger partial charge in [-0.15, -0.1) is 35.3 Å². The predicted molar refractivity (Wildman–Crippen MR) is 135 cm³/mol. The molecule has 0 saturated carbocycles. The van der Waals surface area contributed by atoms with E-state index in [1.54, 1.807) is 19.0 Å². The molecule has 8 heteroatoms. The van der Waals surface area contributed by atoms with Crippen LogP contribution in [-0.4, -0.2) is 57.9 Å². The summed E-state index contributed by atoms with van der Waals surface area (Å²) in [4.78, 5) is 8.40. The first-order chi connectivity index (χ1) is 14.2. The average molecular weight is 545 g/mol. The summed E-state index contributed by atoms with van der Waals surface area (Å²) in [6.45, 7) is 7.90. The second-order valence-corrected chi connectivity index (χ2v) is 8.20. The van der Waals surface area contributed by atoms with Gasteiger partial charge in [-0.3, -0.25) is 9.89 Å². The Balaban J connectivity index is 0.00000320. The Morgan fingerprint density at radius 3 is 2.90 bits per heavy atom. The highest BCUT2D eigenvalue weighted by Crippen LogP contribution is 2.23. The molecule has 0 bridgehead atoms. The third-order valence-corrected chi connectivity index (χ3v) is 6.07. The van der Waals surface area contributed by atoms with Crippen LogP contribution in [0.15, 0.2) is 34.6 Å². The van der Waals surface area contributed by atoms with E-state index >= 15 is 0 Å². The van der Waals surface area contributed by atoms with E-state index in [0.29, 0.717) is 19.8 Å². The van der Waals surface area contributed by atoms with E-state index in [0.717, 1.165) is 43.5 Å². The van der Waals surface area contributed by atoms with Crippen molar-refractivity contribution in [1.29, 1.82) is 0 Å². The molecule has 0 amide bonds. The maximum absolute atomic E-state index is 5.88. The number of thiophene rings is 1. The molecule has 0 spiro atoms. The van der Waals surface area contributed by atoms with Crippen molar-refractivity contribution in [3.8, 4) is 5.75 Å². The number of benzene rings is 1. The lowest BCUT2D eigenvalue weighted by Gasteiger charge is -2.27. The van der Waals surface area contributed by atoms with Crippen molar-refractivity contribution < 1.29 is 9.47 Å². The van der Waals surface area contributed by atoms with E-state index in [4.69, 9.17) is 9.47 Å². The molecule has 0 fully saturated rings. The van der Waals surface area contributed by atoms with Gasteiger partial charge in [0.15, 0.2) is 5.96 Å². The fourth-order valence-electron chi connectivity index (χ4n) is 3.41. The first-order valence-corrected chi connectivity index (χ1v) is 11.0. The summed E-state index contributed by atoms with van der Waals surface area (Å²) in [5.74, 6) is 1.70. The van der Waals surface area contributed by atoms with E-state index in [1.165, 1.54) is 17.5 Å². The van der Waals surface area contributed by atoms with E-state index in [-0.39, 0.29) is 24.0 Å². The summed E-state index contributed by atoms with van der Waals surface area (Å²) in [5.41, 5.74) is 3.78. The van der Waals surface area contributed by atoms with Gasteiger partial charge >= 0.3 is 0 Å². The molecule has 1 aromatic carbocycles. The lowest BCUT2D eigenvalue weighted by atomic mass is 10.1. The van der Waals surface area contributed by atoms with Gasteiger partial charge in [0.2, 0.25) is 0 Å². The molecule has 0 radical (unpaired) electrons. The Kier molecular flexibility index (Phi) is 10.9. The summed E-state index contributed by atoms with van der Waals surface area (Å²) in [6, 6.07) is 8.53. The number of aryl methyl sites for hydroxylation is 1. The van der Waals surface area contributed by atoms with Gasteiger partial charge < -0.3 is 20.1 Å². The number of aliphatic imine (C=N–C) groups is 1. The second kappa shape index (κ2) is 13.1. The standard InChI is InChI=1S/C22H32N4O2S.HI/c1-17-4-5-18(20(14-17)28-12-11-27-3)15-25-22(23-2)24-8-10-26-9-6-21-19(16-26)7-13-29-21;/h4-5,7,13-14H,6,8-12,15-16H2,1-3H3,(H2,23,24,25);1H. The first kappa shape index (κ1) is 24.9. The zero-order chi connectivity index (χ0) is 20.5. The number of ether oxygens (including phenoxy) is 2. The van der Waals surface area contributed by atoms with Crippen molar-refractivity contribution in [2.75, 3.05) is 47.0 Å². The van der Waals surface area contributed by atoms with Gasteiger partial charge in [0.25, 0.3) is 0 Å². The lowest BCUT2D eigenvalue weighted by Crippen LogP contribution is -2.42. The van der Waals surface area contributed by atoms with Gasteiger partial charge in [0, 0.05) is 57.3 Å². The third-order valence-electron chi connectivity index (χ3n) is 5.04. The van der Waals surface area contributed by atoms with E-state index in [2.05, 4.69) is 57.1 Å². The largest absolute Gasteiger partial charge is 0.491 e. The molecule has 166 valence electrons. The highest BCUT2D eigenvalue weighted by Gasteiger charge is 2.16. The second-order valence-electron chi connectivity index (χ2n) is 7.20. The number of halogens is 1. The quantitative estimate of drug-likeness (QED) is 0.219. The molecule has 6 nitrogen and oxygen atoms in total. The molecular formula is C22H33IN4O2S. The minimum absolute atomic E-state index is 0. The van der Waals surface area contributed by atoms with Crippen molar-refractivity contribution in [2.24, 2.45) is 4.99 Å². The molecule has 3 rings (SSSR count). The zero-order valence-electron chi connectivity index (χ0n) is 18.1. The Labute approximate surface area is 201 Å². The Morgan fingerprint density at radius 2 is 2.10 bits per heavy atom. The molecular weight excluding hydrogens is 511 g/mol. The molecule has 1 aromatic heterocycles. The minimum Gasteiger partial charge on any atom is -0.491 e. The molecule has 0 atom stereocenters. The number of fused-ring (bicyclic) bond motifs is 1. The topological polar surface area (TPSA) is 58.1 Å². The maximum Gasteiger partial charge on any atom is 0.191 e. The van der Waals surface area contributed by atoms with Gasteiger partial charge in [0.05, 0.1) is 6.61 Å². The molecule has 1 aliphatic rings. The molecule has 0 unspecified atom stereocenters. The fraction of sp³-hybridized carbons (Fsp3) is 0.500. The highest BCUT2D eigenvalue weighted by atomic mass is 127. The third kappa shape index (κ3) is 7.40. The van der Waals surface area contributed by atoms with E-state index < -0.39 is 0 Å². The number of hydrogen-bond acceptors (Lipinski definition) is 5. The monoisotopic (exact) mass is 544 g/mol. The number of nitrogens with one attached hydrogen (secondary N) is 2. The molecule has 0 saturated heterocycles. The van der Waals surface area contributed by atoms with Gasteiger partial charge in [-0.1, -0.05) is 12.1 Å². The fourth-order valence-corrected chi connectivity index (χ4v) is 4.30. The van der Waals surface area contributed by atoms with Crippen LogP contribution in [0.1, 0.15) is 21.6 Å². The van der Waals surface area contributed by atoms with Crippen LogP contribution < -0.4 is 15.4 Å². The van der Waals surface area contributed by atoms with Crippen molar-refractivity contribution in [1.82, 2.24) is 15.5 Å². The maximum atomic E-state index is 5.88. The normalized spacial score (nSPS) is 14.0. The number of nitrogens with zero attached hydrogens (tertiary/aromatic N) is 2. The van der Waals surface area contributed by atoms with Crippen LogP contribution in [-0.2, 0) is 24.2 Å². The zero-order valence-corrected chi connectivity index (χ0v) is 21.2. The van der Waals surface area contributed by atoms with Gasteiger partial charge in [-0.25, -0.2) is 0 Å². The SMILES string of the molecule is CN=C(NCCN1CCc2sccc2C1)NCc1ccc(C)cc1OCCOC.I. The van der Waals surface area contributed by atoms with E-state index in [1.807, 2.05) is 11.3 Å². The summed E-state index contributed by atoms with van der Waals surface area (Å²) in [6.07, 6.45) is 1.17. The average Bonchev–Trinajstić information content (AvgIpc) is 3.19. The van der Waals surface area contributed by atoms with E-state index in [9.17, 15) is 0 Å². The number of hydrogen-bond donors (Lipinski definition) is 2. The molecule has 0 aliphatic carbocycles. The van der Waals surface area contributed by atoms with Crippen molar-refractivity contribution in [3.05, 3.63) is 51.2 Å². The molecule has 30 heavy (non-hydrogen) atoms. The summed E-state index contributed by atoms with van der Waals surface area (Å²) in [7, 11) is 3.49. The number of methoxy groups -OCH3 is 1. The minimum atomic E-state index is 0. The predicted octanol–water partition coefficient (Wildman–Crippen LogP) is 3.42. The van der Waals surface area contributed by atoms with Crippen LogP contribution in [0.3, 0.4) is 0 Å². The van der Waals surface area contributed by atoms with Crippen LogP contribution >= 0.6 is 35.3 Å². The smallest absolute Gasteiger partial charge is 0.191 e. The Morgan fingerprint density at radius 1 is 1.23 bits per heavy atom. The number of guanidine groups is 1.